The standard InChI is InChI=1S/C16H16N2O5/c1-9-5-6-11(16(21)23-10(2)14(17)19)8-12(9)18-15(20)13-4-3-7-22-13/h3-8,10H,1-2H3,(H2,17,19)(H,18,20). The Labute approximate surface area is 132 Å². The summed E-state index contributed by atoms with van der Waals surface area (Å²) in [5.41, 5.74) is 6.44. The number of aryl methyl sites for hydroxylation is 1. The predicted octanol–water partition coefficient (Wildman–Crippen LogP) is 1.87. The quantitative estimate of drug-likeness (QED) is 0.818. The zero-order valence-electron chi connectivity index (χ0n) is 12.7. The number of carbonyl (C=O) groups excluding carboxylic acids is 3. The molecule has 0 saturated heterocycles. The molecule has 0 spiro atoms. The summed E-state index contributed by atoms with van der Waals surface area (Å²) < 4.78 is 9.93. The van der Waals surface area contributed by atoms with Crippen molar-refractivity contribution < 1.29 is 23.5 Å². The number of amides is 2. The molecule has 120 valence electrons. The van der Waals surface area contributed by atoms with Gasteiger partial charge in [-0.05, 0) is 43.7 Å². The first-order valence-corrected chi connectivity index (χ1v) is 6.84. The van der Waals surface area contributed by atoms with Crippen LogP contribution in [0.2, 0.25) is 0 Å². The summed E-state index contributed by atoms with van der Waals surface area (Å²) in [5.74, 6) is -1.73. The van der Waals surface area contributed by atoms with E-state index in [1.165, 1.54) is 31.4 Å². The highest BCUT2D eigenvalue weighted by Crippen LogP contribution is 2.19. The van der Waals surface area contributed by atoms with E-state index in [-0.39, 0.29) is 11.3 Å². The number of furan rings is 1. The average Bonchev–Trinajstić information content (AvgIpc) is 3.03. The lowest BCUT2D eigenvalue weighted by Crippen LogP contribution is -2.30. The van der Waals surface area contributed by atoms with E-state index in [4.69, 9.17) is 14.9 Å². The first kappa shape index (κ1) is 16.3. The van der Waals surface area contributed by atoms with Crippen LogP contribution in [0.1, 0.15) is 33.4 Å². The Morgan fingerprint density at radius 3 is 2.61 bits per heavy atom. The fourth-order valence-electron chi connectivity index (χ4n) is 1.76. The highest BCUT2D eigenvalue weighted by atomic mass is 16.5. The molecule has 7 nitrogen and oxygen atoms in total. The van der Waals surface area contributed by atoms with Crippen molar-refractivity contribution in [3.8, 4) is 0 Å². The molecule has 0 bridgehead atoms. The minimum Gasteiger partial charge on any atom is -0.459 e. The van der Waals surface area contributed by atoms with Crippen LogP contribution in [0.4, 0.5) is 5.69 Å². The molecule has 0 saturated carbocycles. The second-order valence-electron chi connectivity index (χ2n) is 4.91. The van der Waals surface area contributed by atoms with E-state index in [0.717, 1.165) is 5.56 Å². The smallest absolute Gasteiger partial charge is 0.338 e. The number of rotatable bonds is 5. The molecule has 0 radical (unpaired) electrons. The van der Waals surface area contributed by atoms with Gasteiger partial charge < -0.3 is 20.2 Å². The summed E-state index contributed by atoms with van der Waals surface area (Å²) in [6.07, 6.45) is 0.353. The van der Waals surface area contributed by atoms with Crippen LogP contribution >= 0.6 is 0 Å². The molecule has 2 aromatic rings. The van der Waals surface area contributed by atoms with Crippen molar-refractivity contribution in [3.05, 3.63) is 53.5 Å². The summed E-state index contributed by atoms with van der Waals surface area (Å²) in [7, 11) is 0. The number of primary amides is 1. The van der Waals surface area contributed by atoms with Crippen molar-refractivity contribution in [2.45, 2.75) is 20.0 Å². The van der Waals surface area contributed by atoms with E-state index < -0.39 is 23.9 Å². The molecule has 7 heteroatoms. The maximum Gasteiger partial charge on any atom is 0.338 e. The molecule has 1 unspecified atom stereocenters. The van der Waals surface area contributed by atoms with Crippen LogP contribution in [0.5, 0.6) is 0 Å². The molecule has 23 heavy (non-hydrogen) atoms. The average molecular weight is 316 g/mol. The summed E-state index contributed by atoms with van der Waals surface area (Å²) in [6.45, 7) is 3.16. The van der Waals surface area contributed by atoms with Crippen LogP contribution in [-0.4, -0.2) is 23.9 Å². The van der Waals surface area contributed by atoms with Crippen LogP contribution < -0.4 is 11.1 Å². The van der Waals surface area contributed by atoms with Gasteiger partial charge >= 0.3 is 5.97 Å². The summed E-state index contributed by atoms with van der Waals surface area (Å²) >= 11 is 0. The summed E-state index contributed by atoms with van der Waals surface area (Å²) in [5, 5.41) is 2.65. The van der Waals surface area contributed by atoms with Crippen LogP contribution in [0.15, 0.2) is 41.0 Å². The molecule has 2 amide bonds. The number of nitrogens with two attached hydrogens (primary N) is 1. The van der Waals surface area contributed by atoms with Crippen molar-refractivity contribution in [2.24, 2.45) is 5.73 Å². The van der Waals surface area contributed by atoms with Gasteiger partial charge in [0.25, 0.3) is 11.8 Å². The number of carbonyl (C=O) groups is 3. The van der Waals surface area contributed by atoms with E-state index in [0.29, 0.717) is 5.69 Å². The fraction of sp³-hybridized carbons (Fsp3) is 0.188. The summed E-state index contributed by atoms with van der Waals surface area (Å²) in [4.78, 5) is 34.9. The Bertz CT molecular complexity index is 737. The Kier molecular flexibility index (Phi) is 4.80. The van der Waals surface area contributed by atoms with E-state index >= 15 is 0 Å². The molecule has 1 aromatic heterocycles. The van der Waals surface area contributed by atoms with Gasteiger partial charge in [-0.15, -0.1) is 0 Å². The van der Waals surface area contributed by atoms with Crippen molar-refractivity contribution in [3.63, 3.8) is 0 Å². The van der Waals surface area contributed by atoms with Gasteiger partial charge in [0.05, 0.1) is 11.8 Å². The zero-order valence-corrected chi connectivity index (χ0v) is 12.7. The number of hydrogen-bond acceptors (Lipinski definition) is 5. The van der Waals surface area contributed by atoms with Crippen LogP contribution in [0.25, 0.3) is 0 Å². The molecule has 0 aliphatic carbocycles. The third kappa shape index (κ3) is 3.97. The second-order valence-corrected chi connectivity index (χ2v) is 4.91. The van der Waals surface area contributed by atoms with Crippen molar-refractivity contribution >= 4 is 23.5 Å². The number of nitrogens with one attached hydrogen (secondary N) is 1. The SMILES string of the molecule is Cc1ccc(C(=O)OC(C)C(N)=O)cc1NC(=O)c1ccco1. The van der Waals surface area contributed by atoms with E-state index in [1.807, 2.05) is 0 Å². The molecule has 0 aliphatic rings. The van der Waals surface area contributed by atoms with Crippen LogP contribution in [0, 0.1) is 6.92 Å². The third-order valence-corrected chi connectivity index (χ3v) is 3.15. The largest absolute Gasteiger partial charge is 0.459 e. The monoisotopic (exact) mass is 316 g/mol. The van der Waals surface area contributed by atoms with Crippen molar-refractivity contribution in [1.29, 1.82) is 0 Å². The van der Waals surface area contributed by atoms with E-state index in [1.54, 1.807) is 19.1 Å². The predicted molar refractivity (Wildman–Crippen MR) is 81.9 cm³/mol. The highest BCUT2D eigenvalue weighted by Gasteiger charge is 2.18. The lowest BCUT2D eigenvalue weighted by atomic mass is 10.1. The third-order valence-electron chi connectivity index (χ3n) is 3.15. The number of benzene rings is 1. The zero-order chi connectivity index (χ0) is 17.0. The van der Waals surface area contributed by atoms with Crippen LogP contribution in [-0.2, 0) is 9.53 Å². The minimum atomic E-state index is -1.04. The Hall–Kier alpha value is -3.09. The van der Waals surface area contributed by atoms with Crippen molar-refractivity contribution in [2.75, 3.05) is 5.32 Å². The molecule has 1 aromatic carbocycles. The van der Waals surface area contributed by atoms with Gasteiger partial charge in [0.2, 0.25) is 0 Å². The molecule has 1 atom stereocenters. The van der Waals surface area contributed by atoms with Gasteiger partial charge in [0.15, 0.2) is 11.9 Å². The molecular formula is C16H16N2O5. The number of anilines is 1. The van der Waals surface area contributed by atoms with Gasteiger partial charge in [-0.25, -0.2) is 4.79 Å². The van der Waals surface area contributed by atoms with Gasteiger partial charge in [0, 0.05) is 5.69 Å². The van der Waals surface area contributed by atoms with Gasteiger partial charge in [-0.3, -0.25) is 9.59 Å². The maximum absolute atomic E-state index is 12.0. The fourth-order valence-corrected chi connectivity index (χ4v) is 1.76. The minimum absolute atomic E-state index is 0.153. The van der Waals surface area contributed by atoms with Crippen molar-refractivity contribution in [1.82, 2.24) is 0 Å². The normalized spacial score (nSPS) is 11.6. The first-order chi connectivity index (χ1) is 10.9. The van der Waals surface area contributed by atoms with Gasteiger partial charge in [-0.1, -0.05) is 6.07 Å². The van der Waals surface area contributed by atoms with E-state index in [9.17, 15) is 14.4 Å². The number of esters is 1. The molecule has 2 rings (SSSR count). The highest BCUT2D eigenvalue weighted by molar-refractivity contribution is 6.03. The molecule has 0 aliphatic heterocycles. The molecule has 1 heterocycles. The van der Waals surface area contributed by atoms with Crippen LogP contribution in [0.3, 0.4) is 0 Å². The Balaban J connectivity index is 2.17. The number of hydrogen-bond donors (Lipinski definition) is 2. The molecule has 0 fully saturated rings. The molecule has 3 N–H and O–H groups in total. The molecular weight excluding hydrogens is 300 g/mol. The Morgan fingerprint density at radius 1 is 1.26 bits per heavy atom. The van der Waals surface area contributed by atoms with E-state index in [2.05, 4.69) is 5.32 Å². The van der Waals surface area contributed by atoms with Gasteiger partial charge in [0.1, 0.15) is 0 Å². The topological polar surface area (TPSA) is 112 Å². The lowest BCUT2D eigenvalue weighted by Gasteiger charge is -2.12. The first-order valence-electron chi connectivity index (χ1n) is 6.84. The second kappa shape index (κ2) is 6.78. The number of ether oxygens (including phenoxy) is 1. The Morgan fingerprint density at radius 2 is 2.00 bits per heavy atom. The maximum atomic E-state index is 12.0. The summed E-state index contributed by atoms with van der Waals surface area (Å²) in [6, 6.07) is 7.78. The van der Waals surface area contributed by atoms with Gasteiger partial charge in [-0.2, -0.15) is 0 Å². The lowest BCUT2D eigenvalue weighted by molar-refractivity contribution is -0.125.